The van der Waals surface area contributed by atoms with Crippen molar-refractivity contribution in [1.82, 2.24) is 14.6 Å². The van der Waals surface area contributed by atoms with E-state index in [4.69, 9.17) is 4.98 Å². The highest BCUT2D eigenvalue weighted by molar-refractivity contribution is 9.10. The van der Waals surface area contributed by atoms with Crippen molar-refractivity contribution in [3.8, 4) is 0 Å². The van der Waals surface area contributed by atoms with E-state index in [1.165, 1.54) is 6.42 Å². The minimum absolute atomic E-state index is 0.173. The van der Waals surface area contributed by atoms with Gasteiger partial charge in [-0.3, -0.25) is 0 Å². The van der Waals surface area contributed by atoms with Crippen LogP contribution in [0.1, 0.15) is 25.7 Å². The zero-order valence-electron chi connectivity index (χ0n) is 12.4. The van der Waals surface area contributed by atoms with E-state index >= 15 is 0 Å². The van der Waals surface area contributed by atoms with Crippen molar-refractivity contribution in [3.05, 3.63) is 16.7 Å². The molecule has 2 aromatic heterocycles. The van der Waals surface area contributed by atoms with Gasteiger partial charge in [-0.1, -0.05) is 0 Å². The fourth-order valence-electron chi connectivity index (χ4n) is 3.00. The highest BCUT2D eigenvalue weighted by atomic mass is 79.9. The van der Waals surface area contributed by atoms with Crippen LogP contribution in [0.25, 0.3) is 5.65 Å². The Morgan fingerprint density at radius 2 is 2.32 bits per heavy atom. The predicted molar refractivity (Wildman–Crippen MR) is 89.7 cm³/mol. The molecule has 1 fully saturated rings. The fraction of sp³-hybridized carbons (Fsp3) is 0.571. The van der Waals surface area contributed by atoms with E-state index in [0.717, 1.165) is 36.1 Å². The van der Waals surface area contributed by atoms with Crippen LogP contribution < -0.4 is 4.90 Å². The summed E-state index contributed by atoms with van der Waals surface area (Å²) in [4.78, 5) is 6.93. The maximum absolute atomic E-state index is 12.1. The van der Waals surface area contributed by atoms with Crippen molar-refractivity contribution in [1.29, 1.82) is 0 Å². The maximum Gasteiger partial charge on any atom is 0.251 e. The molecule has 2 atom stereocenters. The topological polar surface area (TPSA) is 76.7 Å². The summed E-state index contributed by atoms with van der Waals surface area (Å²) in [7, 11) is 0. The fourth-order valence-corrected chi connectivity index (χ4v) is 4.00. The first-order chi connectivity index (χ1) is 10.6. The lowest BCUT2D eigenvalue weighted by Gasteiger charge is -2.36. The van der Waals surface area contributed by atoms with Crippen molar-refractivity contribution < 1.29 is 9.66 Å². The second-order valence-electron chi connectivity index (χ2n) is 5.49. The Kier molecular flexibility index (Phi) is 4.91. The normalized spacial score (nSPS) is 20.5. The zero-order chi connectivity index (χ0) is 15.7. The lowest BCUT2D eigenvalue weighted by atomic mass is 10.00. The van der Waals surface area contributed by atoms with E-state index in [1.807, 2.05) is 6.07 Å². The molecule has 1 saturated heterocycles. The number of aliphatic hydroxyl groups excluding tert-OH is 1. The van der Waals surface area contributed by atoms with Crippen LogP contribution in [0.4, 0.5) is 5.82 Å². The minimum atomic E-state index is -1.16. The molecule has 1 N–H and O–H groups in total. The summed E-state index contributed by atoms with van der Waals surface area (Å²) in [5.41, 5.74) is 0.677. The average molecular weight is 387 g/mol. The minimum Gasteiger partial charge on any atom is -0.610 e. The van der Waals surface area contributed by atoms with Crippen molar-refractivity contribution in [2.75, 3.05) is 24.3 Å². The van der Waals surface area contributed by atoms with Crippen LogP contribution in [-0.2, 0) is 11.2 Å². The van der Waals surface area contributed by atoms with Crippen LogP contribution in [0.3, 0.4) is 0 Å². The Morgan fingerprint density at radius 3 is 3.05 bits per heavy atom. The summed E-state index contributed by atoms with van der Waals surface area (Å²) < 4.78 is 14.5. The molecule has 0 saturated carbocycles. The van der Waals surface area contributed by atoms with E-state index in [0.29, 0.717) is 10.7 Å². The summed E-state index contributed by atoms with van der Waals surface area (Å²) in [6, 6.07) is 2.15. The number of hydrogen-bond acceptors (Lipinski definition) is 5. The van der Waals surface area contributed by atoms with Crippen LogP contribution in [0.5, 0.6) is 0 Å². The Morgan fingerprint density at radius 1 is 1.50 bits per heavy atom. The first-order valence-electron chi connectivity index (χ1n) is 7.37. The largest absolute Gasteiger partial charge is 0.610 e. The number of anilines is 1. The first kappa shape index (κ1) is 16.0. The lowest BCUT2D eigenvalue weighted by molar-refractivity contribution is 0.262. The van der Waals surface area contributed by atoms with E-state index in [1.54, 1.807) is 17.0 Å². The Hall–Kier alpha value is -0.830. The SMILES string of the molecule is C[S+]([O-])c1cc(N2CCCC[C@H]2CCO)nc2c(Br)cnn12. The number of hydrogen-bond donors (Lipinski definition) is 1. The second kappa shape index (κ2) is 6.74. The Labute approximate surface area is 140 Å². The molecule has 3 heterocycles. The molecule has 0 amide bonds. The van der Waals surface area contributed by atoms with Gasteiger partial charge in [0.1, 0.15) is 12.1 Å². The van der Waals surface area contributed by atoms with Gasteiger partial charge in [0.15, 0.2) is 5.65 Å². The van der Waals surface area contributed by atoms with Gasteiger partial charge < -0.3 is 14.6 Å². The van der Waals surface area contributed by atoms with Crippen molar-refractivity contribution in [2.45, 2.75) is 36.8 Å². The van der Waals surface area contributed by atoms with E-state index in [9.17, 15) is 9.66 Å². The number of rotatable bonds is 4. The van der Waals surface area contributed by atoms with Gasteiger partial charge >= 0.3 is 0 Å². The maximum atomic E-state index is 12.1. The van der Waals surface area contributed by atoms with Gasteiger partial charge in [-0.05, 0) is 41.6 Å². The molecule has 0 aliphatic carbocycles. The van der Waals surface area contributed by atoms with E-state index < -0.39 is 11.2 Å². The van der Waals surface area contributed by atoms with Gasteiger partial charge in [-0.15, -0.1) is 0 Å². The molecule has 0 aromatic carbocycles. The highest BCUT2D eigenvalue weighted by Gasteiger charge is 2.26. The van der Waals surface area contributed by atoms with Crippen LogP contribution in [0.2, 0.25) is 0 Å². The summed E-state index contributed by atoms with van der Waals surface area (Å²) in [5, 5.41) is 14.2. The summed E-state index contributed by atoms with van der Waals surface area (Å²) in [5.74, 6) is 0.817. The number of halogens is 1. The van der Waals surface area contributed by atoms with Crippen molar-refractivity contribution in [3.63, 3.8) is 0 Å². The molecule has 1 unspecified atom stereocenters. The molecule has 2 aromatic rings. The molecule has 3 rings (SSSR count). The number of nitrogens with zero attached hydrogens (tertiary/aromatic N) is 4. The molecule has 120 valence electrons. The van der Waals surface area contributed by atoms with Gasteiger partial charge in [-0.2, -0.15) is 9.61 Å². The quantitative estimate of drug-likeness (QED) is 0.641. The second-order valence-corrected chi connectivity index (χ2v) is 7.67. The van der Waals surface area contributed by atoms with E-state index in [-0.39, 0.29) is 12.6 Å². The molecule has 1 aliphatic rings. The molecule has 8 heteroatoms. The molecule has 0 radical (unpaired) electrons. The lowest BCUT2D eigenvalue weighted by Crippen LogP contribution is -2.40. The first-order valence-corrected chi connectivity index (χ1v) is 9.72. The highest BCUT2D eigenvalue weighted by Crippen LogP contribution is 2.29. The third kappa shape index (κ3) is 2.97. The van der Waals surface area contributed by atoms with Gasteiger partial charge in [0, 0.05) is 30.4 Å². The smallest absolute Gasteiger partial charge is 0.251 e. The van der Waals surface area contributed by atoms with Gasteiger partial charge in [0.2, 0.25) is 0 Å². The standard InChI is InChI=1S/C14H19BrN4O2S/c1-22(21)13-8-12(17-14-11(15)9-16-19(13)14)18-6-3-2-4-10(18)5-7-20/h8-10,20H,2-7H2,1H3/t10-,22?/m0/s1. The molecule has 22 heavy (non-hydrogen) atoms. The van der Waals surface area contributed by atoms with E-state index in [2.05, 4.69) is 25.9 Å². The number of aliphatic hydroxyl groups is 1. The molecule has 1 aliphatic heterocycles. The van der Waals surface area contributed by atoms with Gasteiger partial charge in [0.05, 0.1) is 16.7 Å². The Bertz CT molecular complexity index is 662. The molecule has 6 nitrogen and oxygen atoms in total. The monoisotopic (exact) mass is 386 g/mol. The summed E-state index contributed by atoms with van der Waals surface area (Å²) in [6.45, 7) is 1.09. The van der Waals surface area contributed by atoms with Gasteiger partial charge in [-0.25, -0.2) is 4.98 Å². The number of aromatic nitrogens is 3. The average Bonchev–Trinajstić information content (AvgIpc) is 2.89. The van der Waals surface area contributed by atoms with Crippen LogP contribution >= 0.6 is 15.9 Å². The number of fused-ring (bicyclic) bond motifs is 1. The Balaban J connectivity index is 2.07. The molecule has 0 bridgehead atoms. The van der Waals surface area contributed by atoms with Crippen molar-refractivity contribution in [2.24, 2.45) is 0 Å². The number of piperidine rings is 1. The molecule has 0 spiro atoms. The zero-order valence-corrected chi connectivity index (χ0v) is 14.8. The third-order valence-electron chi connectivity index (χ3n) is 4.06. The van der Waals surface area contributed by atoms with Crippen LogP contribution in [0, 0.1) is 0 Å². The summed E-state index contributed by atoms with van der Waals surface area (Å²) in [6.07, 6.45) is 7.39. The molecular formula is C14H19BrN4O2S. The van der Waals surface area contributed by atoms with Crippen molar-refractivity contribution >= 4 is 38.6 Å². The van der Waals surface area contributed by atoms with Gasteiger partial charge in [0.25, 0.3) is 5.03 Å². The predicted octanol–water partition coefficient (Wildman–Crippen LogP) is 1.97. The van der Waals surface area contributed by atoms with Crippen LogP contribution in [-0.4, -0.2) is 49.7 Å². The molecular weight excluding hydrogens is 368 g/mol. The third-order valence-corrected chi connectivity index (χ3v) is 5.50. The van der Waals surface area contributed by atoms with Crippen LogP contribution in [0.15, 0.2) is 21.8 Å². The summed E-state index contributed by atoms with van der Waals surface area (Å²) >= 11 is 2.29.